The van der Waals surface area contributed by atoms with Gasteiger partial charge in [-0.2, -0.15) is 0 Å². The Kier molecular flexibility index (Phi) is 4.35. The molecule has 3 atom stereocenters. The maximum atomic E-state index is 13.9. The first-order valence-electron chi connectivity index (χ1n) is 7.33. The second-order valence-corrected chi connectivity index (χ2v) is 5.62. The molecule has 2 heterocycles. The molecule has 0 aliphatic carbocycles. The lowest BCUT2D eigenvalue weighted by Gasteiger charge is -2.31. The second-order valence-electron chi connectivity index (χ2n) is 5.62. The van der Waals surface area contributed by atoms with Crippen molar-refractivity contribution in [1.82, 2.24) is 10.4 Å². The van der Waals surface area contributed by atoms with Crippen LogP contribution in [0.25, 0.3) is 0 Å². The third-order valence-electron chi connectivity index (χ3n) is 4.12. The van der Waals surface area contributed by atoms with Gasteiger partial charge in [0, 0.05) is 19.0 Å². The molecule has 2 aliphatic rings. The lowest BCUT2D eigenvalue weighted by Crippen LogP contribution is -2.46. The molecule has 1 amide bonds. The van der Waals surface area contributed by atoms with Crippen LogP contribution in [0, 0.1) is 17.6 Å². The topological polar surface area (TPSA) is 41.6 Å². The van der Waals surface area contributed by atoms with Crippen molar-refractivity contribution >= 4 is 5.91 Å². The molecule has 2 fully saturated rings. The summed E-state index contributed by atoms with van der Waals surface area (Å²) in [5.74, 6) is -2.65. The number of hydrogen-bond donors (Lipinski definition) is 1. The SMILES string of the molecule is O=C([C@@H]1CCNC[C@@H]1F)N1OCCC1c1cc(F)cc(F)c1. The lowest BCUT2D eigenvalue weighted by atomic mass is 9.94. The van der Waals surface area contributed by atoms with Crippen molar-refractivity contribution in [2.75, 3.05) is 19.7 Å². The monoisotopic (exact) mass is 314 g/mol. The van der Waals surface area contributed by atoms with E-state index in [4.69, 9.17) is 4.84 Å². The Labute approximate surface area is 126 Å². The molecular formula is C15H17F3N2O2. The van der Waals surface area contributed by atoms with Crippen LogP contribution in [0.5, 0.6) is 0 Å². The van der Waals surface area contributed by atoms with Crippen molar-refractivity contribution in [2.45, 2.75) is 25.1 Å². The van der Waals surface area contributed by atoms with E-state index in [9.17, 15) is 18.0 Å². The van der Waals surface area contributed by atoms with E-state index in [-0.39, 0.29) is 13.2 Å². The minimum atomic E-state index is -1.28. The Hall–Kier alpha value is -1.60. The summed E-state index contributed by atoms with van der Waals surface area (Å²) in [7, 11) is 0. The van der Waals surface area contributed by atoms with E-state index in [1.807, 2.05) is 0 Å². The largest absolute Gasteiger partial charge is 0.314 e. The average Bonchev–Trinajstić information content (AvgIpc) is 2.95. The first-order valence-corrected chi connectivity index (χ1v) is 7.33. The van der Waals surface area contributed by atoms with Crippen LogP contribution in [0.1, 0.15) is 24.4 Å². The Bertz CT molecular complexity index is 549. The number of nitrogens with zero attached hydrogens (tertiary/aromatic N) is 1. The molecule has 120 valence electrons. The van der Waals surface area contributed by atoms with Gasteiger partial charge in [0.25, 0.3) is 5.91 Å². The summed E-state index contributed by atoms with van der Waals surface area (Å²) in [6.07, 6.45) is -0.476. The Morgan fingerprint density at radius 1 is 1.23 bits per heavy atom. The minimum absolute atomic E-state index is 0.128. The molecule has 0 saturated carbocycles. The number of piperidine rings is 1. The standard InChI is InChI=1S/C15H17F3N2O2/c16-10-5-9(6-11(17)7-10)14-2-4-22-20(14)15(21)12-1-3-19-8-13(12)18/h5-7,12-14,19H,1-4,8H2/t12-,13+,14?/m1/s1. The van der Waals surface area contributed by atoms with Gasteiger partial charge in [-0.25, -0.2) is 18.2 Å². The highest BCUT2D eigenvalue weighted by atomic mass is 19.1. The number of rotatable bonds is 2. The molecule has 0 spiro atoms. The molecule has 4 nitrogen and oxygen atoms in total. The van der Waals surface area contributed by atoms with Crippen molar-refractivity contribution in [3.05, 3.63) is 35.4 Å². The van der Waals surface area contributed by atoms with Gasteiger partial charge in [0.2, 0.25) is 0 Å². The molecule has 1 N–H and O–H groups in total. The zero-order chi connectivity index (χ0) is 15.7. The molecule has 1 aromatic carbocycles. The van der Waals surface area contributed by atoms with Crippen LogP contribution in [-0.2, 0) is 9.63 Å². The van der Waals surface area contributed by atoms with Crippen LogP contribution >= 0.6 is 0 Å². The van der Waals surface area contributed by atoms with Crippen LogP contribution in [0.15, 0.2) is 18.2 Å². The summed E-state index contributed by atoms with van der Waals surface area (Å²) in [4.78, 5) is 17.8. The summed E-state index contributed by atoms with van der Waals surface area (Å²) in [6.45, 7) is 0.948. The summed E-state index contributed by atoms with van der Waals surface area (Å²) < 4.78 is 40.7. The van der Waals surface area contributed by atoms with E-state index in [0.29, 0.717) is 24.9 Å². The van der Waals surface area contributed by atoms with Gasteiger partial charge in [-0.1, -0.05) is 0 Å². The van der Waals surface area contributed by atoms with Crippen molar-refractivity contribution in [3.8, 4) is 0 Å². The lowest BCUT2D eigenvalue weighted by molar-refractivity contribution is -0.184. The fraction of sp³-hybridized carbons (Fsp3) is 0.533. The highest BCUT2D eigenvalue weighted by Gasteiger charge is 2.40. The van der Waals surface area contributed by atoms with Gasteiger partial charge in [-0.3, -0.25) is 9.63 Å². The molecule has 3 rings (SSSR count). The molecule has 1 unspecified atom stereocenters. The molecule has 2 saturated heterocycles. The molecule has 0 aromatic heterocycles. The van der Waals surface area contributed by atoms with Gasteiger partial charge in [0.15, 0.2) is 0 Å². The van der Waals surface area contributed by atoms with Crippen molar-refractivity contribution < 1.29 is 22.8 Å². The number of nitrogens with one attached hydrogen (secondary N) is 1. The second kappa shape index (κ2) is 6.26. The van der Waals surface area contributed by atoms with E-state index in [1.54, 1.807) is 0 Å². The highest BCUT2D eigenvalue weighted by Crippen LogP contribution is 2.34. The maximum Gasteiger partial charge on any atom is 0.252 e. The first-order chi connectivity index (χ1) is 10.6. The zero-order valence-corrected chi connectivity index (χ0v) is 11.9. The molecule has 1 aromatic rings. The Morgan fingerprint density at radius 3 is 2.64 bits per heavy atom. The predicted molar refractivity (Wildman–Crippen MR) is 72.4 cm³/mol. The highest BCUT2D eigenvalue weighted by molar-refractivity contribution is 5.79. The van der Waals surface area contributed by atoms with Crippen LogP contribution in [-0.4, -0.2) is 36.8 Å². The summed E-state index contributed by atoms with van der Waals surface area (Å²) in [5.41, 5.74) is 0.327. The number of amides is 1. The van der Waals surface area contributed by atoms with Gasteiger partial charge in [0.05, 0.1) is 18.6 Å². The first kappa shape index (κ1) is 15.3. The van der Waals surface area contributed by atoms with Gasteiger partial charge in [-0.05, 0) is 30.7 Å². The summed E-state index contributed by atoms with van der Waals surface area (Å²) in [6, 6.07) is 2.55. The summed E-state index contributed by atoms with van der Waals surface area (Å²) >= 11 is 0. The Morgan fingerprint density at radius 2 is 1.95 bits per heavy atom. The van der Waals surface area contributed by atoms with E-state index < -0.39 is 35.7 Å². The third-order valence-corrected chi connectivity index (χ3v) is 4.12. The molecule has 0 bridgehead atoms. The molecule has 0 radical (unpaired) electrons. The number of benzene rings is 1. The van der Waals surface area contributed by atoms with Crippen LogP contribution in [0.4, 0.5) is 13.2 Å². The van der Waals surface area contributed by atoms with E-state index >= 15 is 0 Å². The van der Waals surface area contributed by atoms with E-state index in [2.05, 4.69) is 5.32 Å². The number of carbonyl (C=O) groups excluding carboxylic acids is 1. The van der Waals surface area contributed by atoms with Crippen molar-refractivity contribution in [1.29, 1.82) is 0 Å². The molecule has 7 heteroatoms. The minimum Gasteiger partial charge on any atom is -0.314 e. The van der Waals surface area contributed by atoms with Crippen molar-refractivity contribution in [2.24, 2.45) is 5.92 Å². The normalized spacial score (nSPS) is 28.9. The third kappa shape index (κ3) is 2.96. The smallest absolute Gasteiger partial charge is 0.252 e. The fourth-order valence-corrected chi connectivity index (χ4v) is 3.02. The fourth-order valence-electron chi connectivity index (χ4n) is 3.02. The number of carbonyl (C=O) groups is 1. The van der Waals surface area contributed by atoms with Gasteiger partial charge >= 0.3 is 0 Å². The number of hydroxylamine groups is 2. The number of alkyl halides is 1. The van der Waals surface area contributed by atoms with Crippen LogP contribution in [0.2, 0.25) is 0 Å². The van der Waals surface area contributed by atoms with E-state index in [0.717, 1.165) is 11.1 Å². The number of halogens is 3. The van der Waals surface area contributed by atoms with Crippen molar-refractivity contribution in [3.63, 3.8) is 0 Å². The average molecular weight is 314 g/mol. The van der Waals surface area contributed by atoms with E-state index in [1.165, 1.54) is 12.1 Å². The molecule has 22 heavy (non-hydrogen) atoms. The summed E-state index contributed by atoms with van der Waals surface area (Å²) in [5, 5.41) is 3.98. The van der Waals surface area contributed by atoms with Crippen LogP contribution in [0.3, 0.4) is 0 Å². The quantitative estimate of drug-likeness (QED) is 0.909. The van der Waals surface area contributed by atoms with Crippen LogP contribution < -0.4 is 5.32 Å². The zero-order valence-electron chi connectivity index (χ0n) is 11.9. The Balaban J connectivity index is 1.81. The molecular weight excluding hydrogens is 297 g/mol. The van der Waals surface area contributed by atoms with Gasteiger partial charge in [-0.15, -0.1) is 0 Å². The maximum absolute atomic E-state index is 13.9. The number of hydrogen-bond acceptors (Lipinski definition) is 3. The predicted octanol–water partition coefficient (Wildman–Crippen LogP) is 2.12. The molecule has 2 aliphatic heterocycles. The van der Waals surface area contributed by atoms with Gasteiger partial charge in [0.1, 0.15) is 17.8 Å². The van der Waals surface area contributed by atoms with Gasteiger partial charge < -0.3 is 5.32 Å².